The van der Waals surface area contributed by atoms with E-state index in [9.17, 15) is 0 Å². The topological polar surface area (TPSA) is 55.4 Å². The van der Waals surface area contributed by atoms with E-state index in [-0.39, 0.29) is 24.4 Å². The Hall–Kier alpha value is 0.844. The van der Waals surface area contributed by atoms with Gasteiger partial charge in [0, 0.05) is 0 Å². The van der Waals surface area contributed by atoms with Gasteiger partial charge >= 0.3 is 0 Å². The molecule has 32 heavy (non-hydrogen) atoms. The van der Waals surface area contributed by atoms with Gasteiger partial charge in [-0.1, -0.05) is 0 Å². The van der Waals surface area contributed by atoms with Crippen molar-refractivity contribution in [1.29, 1.82) is 0 Å². The van der Waals surface area contributed by atoms with Crippen molar-refractivity contribution in [2.75, 3.05) is 6.61 Å². The zero-order chi connectivity index (χ0) is 25.3. The quantitative estimate of drug-likeness (QED) is 0.296. The lowest BCUT2D eigenvalue weighted by Gasteiger charge is -2.51. The Morgan fingerprint density at radius 1 is 0.469 bits per heavy atom. The molecule has 0 N–H and O–H groups in total. The second kappa shape index (κ2) is 10.8. The Labute approximate surface area is 203 Å². The standard InChI is InChI=1S/C21H52O6Si5/c1-28(2,3)22-16-17-18(24-29(4,5)6)19(25-30(7,8)9)20(26-31(10,11)12)21(23-17)27-32(13,14)15/h17-21H,16H2,1-15H3/t17?,18-,19+,20-,21+/m1/s1. The minimum Gasteiger partial charge on any atom is -0.415 e. The summed E-state index contributed by atoms with van der Waals surface area (Å²) in [4.78, 5) is 0. The summed E-state index contributed by atoms with van der Waals surface area (Å²) in [6.45, 7) is 33.6. The Kier molecular flexibility index (Phi) is 10.5. The average Bonchev–Trinajstić information content (AvgIpc) is 2.45. The highest BCUT2D eigenvalue weighted by molar-refractivity contribution is 6.71. The van der Waals surface area contributed by atoms with E-state index in [4.69, 9.17) is 26.9 Å². The third kappa shape index (κ3) is 12.5. The van der Waals surface area contributed by atoms with Crippen molar-refractivity contribution in [3.8, 4) is 0 Å². The van der Waals surface area contributed by atoms with E-state index in [2.05, 4.69) is 98.2 Å². The normalized spacial score (nSPS) is 28.8. The highest BCUT2D eigenvalue weighted by Crippen LogP contribution is 2.35. The van der Waals surface area contributed by atoms with Crippen LogP contribution in [0, 0.1) is 0 Å². The number of hydrogen-bond donors (Lipinski definition) is 0. The molecule has 1 unspecified atom stereocenters. The zero-order valence-electron chi connectivity index (χ0n) is 23.5. The summed E-state index contributed by atoms with van der Waals surface area (Å²) in [6.07, 6.45) is -1.54. The minimum atomic E-state index is -1.92. The Balaban J connectivity index is 3.50. The van der Waals surface area contributed by atoms with E-state index in [1.54, 1.807) is 0 Å². The van der Waals surface area contributed by atoms with E-state index in [1.165, 1.54) is 0 Å². The average molecular weight is 541 g/mol. The van der Waals surface area contributed by atoms with E-state index in [0.717, 1.165) is 0 Å². The van der Waals surface area contributed by atoms with E-state index in [0.29, 0.717) is 6.61 Å². The maximum atomic E-state index is 6.85. The maximum absolute atomic E-state index is 6.85. The van der Waals surface area contributed by atoms with Gasteiger partial charge in [-0.2, -0.15) is 0 Å². The molecule has 0 aliphatic carbocycles. The van der Waals surface area contributed by atoms with Crippen molar-refractivity contribution in [3.05, 3.63) is 0 Å². The summed E-state index contributed by atoms with van der Waals surface area (Å²) in [5.41, 5.74) is 0. The fourth-order valence-corrected chi connectivity index (χ4v) is 8.21. The Morgan fingerprint density at radius 2 is 0.844 bits per heavy atom. The molecule has 0 saturated carbocycles. The summed E-state index contributed by atoms with van der Waals surface area (Å²) < 4.78 is 39.9. The second-order valence-electron chi connectivity index (χ2n) is 13.8. The van der Waals surface area contributed by atoms with Crippen molar-refractivity contribution in [1.82, 2.24) is 0 Å². The SMILES string of the molecule is C[Si](C)(C)OCC1O[C@@H](O[Si](C)(C)C)[C@H](O[Si](C)(C)C)[C@@H](O[Si](C)(C)C)[C@@H]1O[Si](C)(C)C. The first-order valence-corrected chi connectivity index (χ1v) is 29.0. The van der Waals surface area contributed by atoms with Gasteiger partial charge in [-0.05, 0) is 98.2 Å². The lowest BCUT2D eigenvalue weighted by molar-refractivity contribution is -0.268. The van der Waals surface area contributed by atoms with E-state index in [1.807, 2.05) is 0 Å². The van der Waals surface area contributed by atoms with Crippen LogP contribution in [0.15, 0.2) is 0 Å². The molecular formula is C21H52O6Si5. The van der Waals surface area contributed by atoms with Crippen LogP contribution >= 0.6 is 0 Å². The van der Waals surface area contributed by atoms with Gasteiger partial charge in [0.15, 0.2) is 47.9 Å². The number of ether oxygens (including phenoxy) is 1. The van der Waals surface area contributed by atoms with Crippen LogP contribution in [0.3, 0.4) is 0 Å². The van der Waals surface area contributed by atoms with Crippen molar-refractivity contribution in [2.45, 2.75) is 129 Å². The van der Waals surface area contributed by atoms with Gasteiger partial charge in [0.2, 0.25) is 0 Å². The molecule has 11 heteroatoms. The van der Waals surface area contributed by atoms with Crippen LogP contribution in [-0.2, 0) is 26.9 Å². The lowest BCUT2D eigenvalue weighted by Crippen LogP contribution is -2.67. The first kappa shape index (κ1) is 30.9. The molecule has 0 bridgehead atoms. The molecule has 1 heterocycles. The van der Waals surface area contributed by atoms with Crippen LogP contribution in [0.5, 0.6) is 0 Å². The molecule has 1 aliphatic rings. The fraction of sp³-hybridized carbons (Fsp3) is 1.00. The van der Waals surface area contributed by atoms with Gasteiger partial charge < -0.3 is 26.9 Å². The van der Waals surface area contributed by atoms with Gasteiger partial charge in [-0.3, -0.25) is 0 Å². The predicted octanol–water partition coefficient (Wildman–Crippen LogP) is 6.07. The smallest absolute Gasteiger partial charge is 0.187 e. The molecule has 1 rings (SSSR count). The molecule has 1 fully saturated rings. The van der Waals surface area contributed by atoms with Gasteiger partial charge in [0.25, 0.3) is 0 Å². The monoisotopic (exact) mass is 540 g/mol. The predicted molar refractivity (Wildman–Crippen MR) is 147 cm³/mol. The summed E-state index contributed by atoms with van der Waals surface area (Å²) in [5, 5.41) is 0. The summed E-state index contributed by atoms with van der Waals surface area (Å²) in [5.74, 6) is 0. The lowest BCUT2D eigenvalue weighted by atomic mass is 9.99. The highest BCUT2D eigenvalue weighted by atomic mass is 28.4. The van der Waals surface area contributed by atoms with Gasteiger partial charge in [0.05, 0.1) is 6.61 Å². The van der Waals surface area contributed by atoms with Crippen LogP contribution < -0.4 is 0 Å². The van der Waals surface area contributed by atoms with Crippen LogP contribution in [0.4, 0.5) is 0 Å². The van der Waals surface area contributed by atoms with Crippen LogP contribution in [0.25, 0.3) is 0 Å². The summed E-state index contributed by atoms with van der Waals surface area (Å²) in [6, 6.07) is 0. The molecular weight excluding hydrogens is 489 g/mol. The molecule has 192 valence electrons. The van der Waals surface area contributed by atoms with Crippen molar-refractivity contribution in [3.63, 3.8) is 0 Å². The molecule has 1 saturated heterocycles. The first-order chi connectivity index (χ1) is 14.0. The third-order valence-electron chi connectivity index (χ3n) is 4.21. The minimum absolute atomic E-state index is 0.243. The Bertz CT molecular complexity index is 586. The Morgan fingerprint density at radius 3 is 1.22 bits per heavy atom. The summed E-state index contributed by atoms with van der Waals surface area (Å²) >= 11 is 0. The van der Waals surface area contributed by atoms with E-state index < -0.39 is 47.9 Å². The second-order valence-corrected chi connectivity index (χ2v) is 36.1. The first-order valence-electron chi connectivity index (χ1n) is 12.0. The van der Waals surface area contributed by atoms with Gasteiger partial charge in [-0.25, -0.2) is 0 Å². The molecule has 0 spiro atoms. The van der Waals surface area contributed by atoms with Crippen LogP contribution in [0.1, 0.15) is 0 Å². The molecule has 5 atom stereocenters. The largest absolute Gasteiger partial charge is 0.415 e. The third-order valence-corrected chi connectivity index (χ3v) is 9.12. The highest BCUT2D eigenvalue weighted by Gasteiger charge is 2.52. The number of rotatable bonds is 11. The van der Waals surface area contributed by atoms with Gasteiger partial charge in [-0.15, -0.1) is 0 Å². The summed E-state index contributed by atoms with van der Waals surface area (Å²) in [7, 11) is -9.37. The fourth-order valence-electron chi connectivity index (χ4n) is 3.41. The molecule has 0 radical (unpaired) electrons. The molecule has 0 amide bonds. The van der Waals surface area contributed by atoms with Crippen molar-refractivity contribution >= 4 is 41.6 Å². The zero-order valence-corrected chi connectivity index (χ0v) is 28.5. The van der Waals surface area contributed by atoms with Gasteiger partial charge in [0.1, 0.15) is 24.4 Å². The van der Waals surface area contributed by atoms with Crippen LogP contribution in [0.2, 0.25) is 98.2 Å². The van der Waals surface area contributed by atoms with Crippen molar-refractivity contribution in [2.24, 2.45) is 0 Å². The molecule has 6 nitrogen and oxygen atoms in total. The molecule has 1 aliphatic heterocycles. The molecule has 0 aromatic carbocycles. The molecule has 0 aromatic heterocycles. The maximum Gasteiger partial charge on any atom is 0.187 e. The molecule has 0 aromatic rings. The number of hydrogen-bond acceptors (Lipinski definition) is 6. The van der Waals surface area contributed by atoms with Crippen molar-refractivity contribution < 1.29 is 26.9 Å². The van der Waals surface area contributed by atoms with E-state index >= 15 is 0 Å². The van der Waals surface area contributed by atoms with Crippen LogP contribution in [-0.4, -0.2) is 78.9 Å².